The first-order chi connectivity index (χ1) is 15.7. The van der Waals surface area contributed by atoms with E-state index in [-0.39, 0.29) is 13.0 Å². The van der Waals surface area contributed by atoms with E-state index in [1.165, 1.54) is 0 Å². The van der Waals surface area contributed by atoms with Crippen molar-refractivity contribution in [3.8, 4) is 11.5 Å². The van der Waals surface area contributed by atoms with Crippen molar-refractivity contribution in [1.82, 2.24) is 5.43 Å². The number of nitrogens with one attached hydrogen (secondary N) is 1. The van der Waals surface area contributed by atoms with Gasteiger partial charge in [0.05, 0.1) is 25.8 Å². The van der Waals surface area contributed by atoms with Crippen LogP contribution < -0.4 is 14.9 Å². The van der Waals surface area contributed by atoms with Gasteiger partial charge in [-0.3, -0.25) is 9.59 Å². The molecular formula is C25H24N2O5. The fourth-order valence-corrected chi connectivity index (χ4v) is 2.84. The van der Waals surface area contributed by atoms with E-state index < -0.39 is 18.5 Å². The number of esters is 1. The lowest BCUT2D eigenvalue weighted by molar-refractivity contribution is -0.149. The summed E-state index contributed by atoms with van der Waals surface area (Å²) in [6, 6.07) is 26.1. The van der Waals surface area contributed by atoms with Crippen LogP contribution in [-0.2, 0) is 14.3 Å². The van der Waals surface area contributed by atoms with Gasteiger partial charge in [0.15, 0.2) is 18.1 Å². The molecule has 0 radical (unpaired) electrons. The van der Waals surface area contributed by atoms with Crippen LogP contribution in [0, 0.1) is 0 Å². The summed E-state index contributed by atoms with van der Waals surface area (Å²) in [5, 5.41) is 4.25. The zero-order valence-electron chi connectivity index (χ0n) is 17.7. The number of rotatable bonds is 10. The molecule has 0 aliphatic rings. The molecule has 1 N–H and O–H groups in total. The van der Waals surface area contributed by atoms with E-state index in [2.05, 4.69) is 10.5 Å². The van der Waals surface area contributed by atoms with Gasteiger partial charge in [-0.1, -0.05) is 72.8 Å². The minimum absolute atomic E-state index is 0.00607. The van der Waals surface area contributed by atoms with Crippen molar-refractivity contribution < 1.29 is 23.8 Å². The Morgan fingerprint density at radius 2 is 1.38 bits per heavy atom. The highest BCUT2D eigenvalue weighted by Gasteiger charge is 2.11. The number of hydrazone groups is 1. The van der Waals surface area contributed by atoms with E-state index in [1.807, 2.05) is 66.7 Å². The summed E-state index contributed by atoms with van der Waals surface area (Å²) < 4.78 is 15.7. The first-order valence-electron chi connectivity index (χ1n) is 10.1. The van der Waals surface area contributed by atoms with Crippen LogP contribution in [0.25, 0.3) is 0 Å². The van der Waals surface area contributed by atoms with Crippen molar-refractivity contribution in [2.24, 2.45) is 5.10 Å². The molecule has 0 saturated carbocycles. The summed E-state index contributed by atoms with van der Waals surface area (Å²) in [5.41, 5.74) is 4.77. The van der Waals surface area contributed by atoms with Gasteiger partial charge in [0.25, 0.3) is 5.91 Å². The summed E-state index contributed by atoms with van der Waals surface area (Å²) in [6.45, 7) is -0.334. The minimum atomic E-state index is -0.551. The molecule has 0 saturated heterocycles. The smallest absolute Gasteiger partial charge is 0.309 e. The van der Waals surface area contributed by atoms with E-state index in [0.29, 0.717) is 17.2 Å². The van der Waals surface area contributed by atoms with E-state index >= 15 is 0 Å². The normalized spacial score (nSPS) is 10.0. The third-order valence-corrected chi connectivity index (χ3v) is 4.38. The fraction of sp³-hybridized carbons (Fsp3) is 0.160. The molecule has 3 rings (SSSR count). The predicted octanol–water partition coefficient (Wildman–Crippen LogP) is 3.58. The molecule has 0 aromatic heterocycles. The highest BCUT2D eigenvalue weighted by molar-refractivity contribution is 6.13. The van der Waals surface area contributed by atoms with E-state index in [4.69, 9.17) is 14.2 Å². The van der Waals surface area contributed by atoms with Gasteiger partial charge in [-0.05, 0) is 12.1 Å². The van der Waals surface area contributed by atoms with Gasteiger partial charge in [0, 0.05) is 11.1 Å². The topological polar surface area (TPSA) is 86.2 Å². The van der Waals surface area contributed by atoms with E-state index in [0.717, 1.165) is 11.1 Å². The number of amides is 1. The van der Waals surface area contributed by atoms with Crippen LogP contribution in [0.4, 0.5) is 0 Å². The molecule has 0 fully saturated rings. The number of ether oxygens (including phenoxy) is 3. The Kier molecular flexibility index (Phi) is 8.39. The number of carbonyl (C=O) groups excluding carboxylic acids is 2. The Morgan fingerprint density at radius 1 is 0.812 bits per heavy atom. The lowest BCUT2D eigenvalue weighted by Gasteiger charge is -2.10. The Morgan fingerprint density at radius 3 is 1.97 bits per heavy atom. The van der Waals surface area contributed by atoms with Gasteiger partial charge in [0.1, 0.15) is 0 Å². The molecule has 3 aromatic carbocycles. The summed E-state index contributed by atoms with van der Waals surface area (Å²) >= 11 is 0. The van der Waals surface area contributed by atoms with Crippen molar-refractivity contribution in [3.05, 3.63) is 96.1 Å². The molecule has 0 aliphatic heterocycles. The van der Waals surface area contributed by atoms with Crippen molar-refractivity contribution in [2.75, 3.05) is 20.3 Å². The highest BCUT2D eigenvalue weighted by atomic mass is 16.5. The predicted molar refractivity (Wildman–Crippen MR) is 121 cm³/mol. The summed E-state index contributed by atoms with van der Waals surface area (Å²) in [5.74, 6) is 0.0219. The summed E-state index contributed by atoms with van der Waals surface area (Å²) in [4.78, 5) is 24.1. The number of benzene rings is 3. The third kappa shape index (κ3) is 6.70. The minimum Gasteiger partial charge on any atom is -0.493 e. The maximum Gasteiger partial charge on any atom is 0.309 e. The van der Waals surface area contributed by atoms with E-state index in [9.17, 15) is 9.59 Å². The molecule has 32 heavy (non-hydrogen) atoms. The zero-order valence-corrected chi connectivity index (χ0v) is 17.7. The number of methoxy groups -OCH3 is 1. The van der Waals surface area contributed by atoms with Crippen LogP contribution in [0.2, 0.25) is 0 Å². The van der Waals surface area contributed by atoms with Crippen LogP contribution in [0.15, 0.2) is 90.0 Å². The molecule has 0 unspecified atom stereocenters. The molecule has 7 nitrogen and oxygen atoms in total. The average molecular weight is 432 g/mol. The van der Waals surface area contributed by atoms with Crippen LogP contribution >= 0.6 is 0 Å². The standard InChI is InChI=1S/C25H24N2O5/c1-30-21-14-8-9-15-22(21)31-17-16-24(29)32-18-23(28)26-27-25(19-10-4-2-5-11-19)20-12-6-3-7-13-20/h2-15H,16-18H2,1H3,(H,26,28). The quantitative estimate of drug-likeness (QED) is 0.301. The van der Waals surface area contributed by atoms with Gasteiger partial charge in [-0.2, -0.15) is 5.10 Å². The van der Waals surface area contributed by atoms with Crippen LogP contribution in [-0.4, -0.2) is 37.9 Å². The number of hydrogen-bond donors (Lipinski definition) is 1. The Labute approximate surface area is 186 Å². The van der Waals surface area contributed by atoms with Crippen molar-refractivity contribution in [3.63, 3.8) is 0 Å². The molecule has 7 heteroatoms. The Bertz CT molecular complexity index is 1010. The molecule has 0 spiro atoms. The molecule has 1 amide bonds. The van der Waals surface area contributed by atoms with Gasteiger partial charge in [-0.15, -0.1) is 0 Å². The van der Waals surface area contributed by atoms with Crippen LogP contribution in [0.3, 0.4) is 0 Å². The molecule has 0 bridgehead atoms. The van der Waals surface area contributed by atoms with E-state index in [1.54, 1.807) is 25.3 Å². The van der Waals surface area contributed by atoms with Crippen molar-refractivity contribution in [1.29, 1.82) is 0 Å². The number of para-hydroxylation sites is 2. The highest BCUT2D eigenvalue weighted by Crippen LogP contribution is 2.25. The lowest BCUT2D eigenvalue weighted by atomic mass is 10.0. The molecule has 0 aliphatic carbocycles. The summed E-state index contributed by atoms with van der Waals surface area (Å²) in [7, 11) is 1.54. The average Bonchev–Trinajstić information content (AvgIpc) is 2.84. The largest absolute Gasteiger partial charge is 0.493 e. The third-order valence-electron chi connectivity index (χ3n) is 4.38. The summed E-state index contributed by atoms with van der Waals surface area (Å²) in [6.07, 6.45) is -0.00607. The number of nitrogens with zero attached hydrogens (tertiary/aromatic N) is 1. The Balaban J connectivity index is 1.49. The zero-order chi connectivity index (χ0) is 22.6. The molecule has 3 aromatic rings. The van der Waals surface area contributed by atoms with Gasteiger partial charge in [-0.25, -0.2) is 5.43 Å². The SMILES string of the molecule is COc1ccccc1OCCC(=O)OCC(=O)NN=C(c1ccccc1)c1ccccc1. The molecule has 0 atom stereocenters. The van der Waals surface area contributed by atoms with Crippen LogP contribution in [0.1, 0.15) is 17.5 Å². The van der Waals surface area contributed by atoms with Gasteiger partial charge < -0.3 is 14.2 Å². The number of carbonyl (C=O) groups is 2. The maximum atomic E-state index is 12.2. The second-order valence-corrected chi connectivity index (χ2v) is 6.64. The number of hydrogen-bond acceptors (Lipinski definition) is 6. The molecule has 164 valence electrons. The van der Waals surface area contributed by atoms with Gasteiger partial charge >= 0.3 is 5.97 Å². The second kappa shape index (κ2) is 11.9. The van der Waals surface area contributed by atoms with Crippen molar-refractivity contribution in [2.45, 2.75) is 6.42 Å². The van der Waals surface area contributed by atoms with Crippen LogP contribution in [0.5, 0.6) is 11.5 Å². The fourth-order valence-electron chi connectivity index (χ4n) is 2.84. The first-order valence-corrected chi connectivity index (χ1v) is 10.1. The van der Waals surface area contributed by atoms with Gasteiger partial charge in [0.2, 0.25) is 0 Å². The molecular weight excluding hydrogens is 408 g/mol. The lowest BCUT2D eigenvalue weighted by Crippen LogP contribution is -2.26. The first kappa shape index (κ1) is 22.6. The second-order valence-electron chi connectivity index (χ2n) is 6.64. The monoisotopic (exact) mass is 432 g/mol. The Hall–Kier alpha value is -4.13. The molecule has 0 heterocycles. The van der Waals surface area contributed by atoms with Crippen molar-refractivity contribution >= 4 is 17.6 Å². The maximum absolute atomic E-state index is 12.2.